The highest BCUT2D eigenvalue weighted by atomic mass is 15.1. The number of fused-ring (bicyclic) bond motifs is 1. The summed E-state index contributed by atoms with van der Waals surface area (Å²) in [6.45, 7) is 0. The normalized spacial score (nSPS) is 25.6. The molecule has 72 valence electrons. The summed E-state index contributed by atoms with van der Waals surface area (Å²) in [4.78, 5) is 0. The second-order valence-electron chi connectivity index (χ2n) is 4.17. The van der Waals surface area contributed by atoms with Crippen molar-refractivity contribution >= 4 is 5.57 Å². The van der Waals surface area contributed by atoms with E-state index in [2.05, 4.69) is 22.3 Å². The molecule has 2 heteroatoms. The van der Waals surface area contributed by atoms with Gasteiger partial charge in [0.05, 0.1) is 5.69 Å². The van der Waals surface area contributed by atoms with Gasteiger partial charge in [-0.25, -0.2) is 0 Å². The van der Waals surface area contributed by atoms with E-state index in [0.29, 0.717) is 0 Å². The molecule has 0 amide bonds. The van der Waals surface area contributed by atoms with Crippen molar-refractivity contribution in [3.63, 3.8) is 0 Å². The number of allylic oxidation sites excluding steroid dienone is 4. The van der Waals surface area contributed by atoms with Crippen LogP contribution in [0.4, 0.5) is 0 Å². The van der Waals surface area contributed by atoms with Crippen molar-refractivity contribution in [3.05, 3.63) is 35.7 Å². The van der Waals surface area contributed by atoms with Crippen molar-refractivity contribution in [3.8, 4) is 0 Å². The van der Waals surface area contributed by atoms with Gasteiger partial charge in [0.1, 0.15) is 0 Å². The molecule has 1 aromatic heterocycles. The number of H-pyrrole nitrogens is 1. The number of hydrogen-bond acceptors (Lipinski definition) is 1. The van der Waals surface area contributed by atoms with Crippen LogP contribution in [0.25, 0.3) is 5.57 Å². The zero-order valence-electron chi connectivity index (χ0n) is 8.16. The van der Waals surface area contributed by atoms with Gasteiger partial charge in [-0.15, -0.1) is 0 Å². The van der Waals surface area contributed by atoms with Crippen LogP contribution in [0.2, 0.25) is 0 Å². The quantitative estimate of drug-likeness (QED) is 0.717. The van der Waals surface area contributed by atoms with E-state index in [1.54, 1.807) is 5.57 Å². The number of aromatic amines is 1. The summed E-state index contributed by atoms with van der Waals surface area (Å²) in [6, 6.07) is 2.04. The standard InChI is InChI=1S/C12H14N2/c1-2-9-4-5-11(8-10(9)3-1)12-6-7-13-14-12/h5-9H,1-4H2,(H,13,14). The molecule has 0 radical (unpaired) electrons. The van der Waals surface area contributed by atoms with Crippen molar-refractivity contribution in [2.45, 2.75) is 25.7 Å². The average molecular weight is 186 g/mol. The van der Waals surface area contributed by atoms with E-state index in [9.17, 15) is 0 Å². The number of aromatic nitrogens is 2. The molecule has 14 heavy (non-hydrogen) atoms. The van der Waals surface area contributed by atoms with Crippen LogP contribution in [0, 0.1) is 5.92 Å². The zero-order valence-corrected chi connectivity index (χ0v) is 8.16. The third-order valence-electron chi connectivity index (χ3n) is 3.32. The molecule has 1 N–H and O–H groups in total. The first-order valence-corrected chi connectivity index (χ1v) is 5.34. The molecule has 1 aromatic rings. The van der Waals surface area contributed by atoms with Crippen LogP contribution < -0.4 is 0 Å². The number of rotatable bonds is 1. The molecule has 2 aliphatic rings. The van der Waals surface area contributed by atoms with Crippen LogP contribution in [-0.2, 0) is 0 Å². The van der Waals surface area contributed by atoms with Crippen LogP contribution in [0.15, 0.2) is 30.0 Å². The Bertz CT molecular complexity index is 384. The van der Waals surface area contributed by atoms with Gasteiger partial charge in [0, 0.05) is 6.20 Å². The third-order valence-corrected chi connectivity index (χ3v) is 3.32. The van der Waals surface area contributed by atoms with Crippen molar-refractivity contribution in [1.82, 2.24) is 10.2 Å². The van der Waals surface area contributed by atoms with Gasteiger partial charge in [0.15, 0.2) is 0 Å². The molecule has 2 nitrogen and oxygen atoms in total. The number of nitrogens with zero attached hydrogens (tertiary/aromatic N) is 1. The molecule has 0 bridgehead atoms. The summed E-state index contributed by atoms with van der Waals surface area (Å²) in [7, 11) is 0. The molecule has 1 heterocycles. The lowest BCUT2D eigenvalue weighted by Gasteiger charge is -2.16. The lowest BCUT2D eigenvalue weighted by molar-refractivity contribution is 0.634. The summed E-state index contributed by atoms with van der Waals surface area (Å²) >= 11 is 0. The predicted molar refractivity (Wildman–Crippen MR) is 56.6 cm³/mol. The Hall–Kier alpha value is -1.31. The predicted octanol–water partition coefficient (Wildman–Crippen LogP) is 2.92. The summed E-state index contributed by atoms with van der Waals surface area (Å²) < 4.78 is 0. The highest BCUT2D eigenvalue weighted by Crippen LogP contribution is 2.39. The van der Waals surface area contributed by atoms with E-state index in [-0.39, 0.29) is 0 Å². The number of nitrogens with one attached hydrogen (secondary N) is 1. The molecule has 1 fully saturated rings. The molecule has 0 saturated heterocycles. The van der Waals surface area contributed by atoms with E-state index in [1.807, 2.05) is 12.3 Å². The van der Waals surface area contributed by atoms with Crippen molar-refractivity contribution in [2.24, 2.45) is 5.92 Å². The molecular formula is C12H14N2. The first-order valence-electron chi connectivity index (χ1n) is 5.34. The van der Waals surface area contributed by atoms with Gasteiger partial charge in [-0.3, -0.25) is 5.10 Å². The van der Waals surface area contributed by atoms with Crippen molar-refractivity contribution in [2.75, 3.05) is 0 Å². The first kappa shape index (κ1) is 8.04. The Balaban J connectivity index is 1.93. The Morgan fingerprint density at radius 1 is 1.43 bits per heavy atom. The van der Waals surface area contributed by atoms with Gasteiger partial charge >= 0.3 is 0 Å². The molecule has 0 spiro atoms. The minimum absolute atomic E-state index is 0.849. The maximum Gasteiger partial charge on any atom is 0.0646 e. The van der Waals surface area contributed by atoms with E-state index in [4.69, 9.17) is 0 Å². The molecular weight excluding hydrogens is 172 g/mol. The van der Waals surface area contributed by atoms with Crippen LogP contribution in [0.5, 0.6) is 0 Å². The van der Waals surface area contributed by atoms with Crippen LogP contribution in [-0.4, -0.2) is 10.2 Å². The van der Waals surface area contributed by atoms with Gasteiger partial charge in [0.25, 0.3) is 0 Å². The maximum absolute atomic E-state index is 3.99. The fourth-order valence-corrected chi connectivity index (χ4v) is 2.53. The van der Waals surface area contributed by atoms with E-state index in [1.165, 1.54) is 31.3 Å². The Labute approximate surface area is 83.7 Å². The summed E-state index contributed by atoms with van der Waals surface area (Å²) in [5.41, 5.74) is 4.13. The minimum Gasteiger partial charge on any atom is -0.278 e. The van der Waals surface area contributed by atoms with E-state index < -0.39 is 0 Å². The van der Waals surface area contributed by atoms with Gasteiger partial charge < -0.3 is 0 Å². The number of hydrogen-bond donors (Lipinski definition) is 1. The second kappa shape index (κ2) is 3.12. The van der Waals surface area contributed by atoms with Crippen LogP contribution >= 0.6 is 0 Å². The Morgan fingerprint density at radius 3 is 3.29 bits per heavy atom. The molecule has 0 aromatic carbocycles. The monoisotopic (exact) mass is 186 g/mol. The molecule has 3 rings (SSSR count). The molecule has 0 aliphatic heterocycles. The second-order valence-corrected chi connectivity index (χ2v) is 4.17. The molecule has 1 unspecified atom stereocenters. The van der Waals surface area contributed by atoms with Gasteiger partial charge in [-0.05, 0) is 43.2 Å². The molecule has 1 saturated carbocycles. The molecule has 2 aliphatic carbocycles. The summed E-state index contributed by atoms with van der Waals surface area (Å²) in [6.07, 6.45) is 11.8. The zero-order chi connectivity index (χ0) is 9.38. The van der Waals surface area contributed by atoms with Crippen LogP contribution in [0.3, 0.4) is 0 Å². The highest BCUT2D eigenvalue weighted by molar-refractivity contribution is 5.73. The first-order chi connectivity index (χ1) is 6.93. The molecule has 1 atom stereocenters. The largest absolute Gasteiger partial charge is 0.278 e. The fraction of sp³-hybridized carbons (Fsp3) is 0.417. The van der Waals surface area contributed by atoms with E-state index in [0.717, 1.165) is 11.6 Å². The summed E-state index contributed by atoms with van der Waals surface area (Å²) in [5.74, 6) is 0.849. The Morgan fingerprint density at radius 2 is 2.43 bits per heavy atom. The average Bonchev–Trinajstić information content (AvgIpc) is 2.88. The minimum atomic E-state index is 0.849. The topological polar surface area (TPSA) is 28.7 Å². The smallest absolute Gasteiger partial charge is 0.0646 e. The van der Waals surface area contributed by atoms with Gasteiger partial charge in [0.2, 0.25) is 0 Å². The van der Waals surface area contributed by atoms with Gasteiger partial charge in [-0.2, -0.15) is 5.10 Å². The highest BCUT2D eigenvalue weighted by Gasteiger charge is 2.23. The lowest BCUT2D eigenvalue weighted by Crippen LogP contribution is -2.00. The Kier molecular flexibility index (Phi) is 1.79. The SMILES string of the molecule is C1=C(c2ccn[nH]2)C=C2CCCC2C1. The summed E-state index contributed by atoms with van der Waals surface area (Å²) in [5, 5.41) is 7.01. The maximum atomic E-state index is 3.99. The fourth-order valence-electron chi connectivity index (χ4n) is 2.53. The van der Waals surface area contributed by atoms with Crippen molar-refractivity contribution < 1.29 is 0 Å². The van der Waals surface area contributed by atoms with Crippen LogP contribution in [0.1, 0.15) is 31.4 Å². The third kappa shape index (κ3) is 1.22. The van der Waals surface area contributed by atoms with Gasteiger partial charge in [-0.1, -0.05) is 17.7 Å². The van der Waals surface area contributed by atoms with E-state index >= 15 is 0 Å². The lowest BCUT2D eigenvalue weighted by atomic mass is 9.90. The van der Waals surface area contributed by atoms with Crippen molar-refractivity contribution in [1.29, 1.82) is 0 Å².